The first kappa shape index (κ1) is 17.3. The van der Waals surface area contributed by atoms with E-state index in [1.54, 1.807) is 18.2 Å². The third-order valence-electron chi connectivity index (χ3n) is 4.03. The van der Waals surface area contributed by atoms with Crippen molar-refractivity contribution >= 4 is 29.0 Å². The molecular formula is C18H19N3O3S. The van der Waals surface area contributed by atoms with Crippen molar-refractivity contribution < 1.29 is 9.72 Å². The van der Waals surface area contributed by atoms with Gasteiger partial charge in [-0.1, -0.05) is 30.3 Å². The first-order valence-electron chi connectivity index (χ1n) is 8.11. The zero-order chi connectivity index (χ0) is 17.6. The zero-order valence-corrected chi connectivity index (χ0v) is 14.5. The molecule has 3 rings (SSSR count). The van der Waals surface area contributed by atoms with E-state index in [9.17, 15) is 14.9 Å². The Morgan fingerprint density at radius 1 is 1.20 bits per heavy atom. The lowest BCUT2D eigenvalue weighted by atomic mass is 10.2. The number of nitrogens with zero attached hydrogens (tertiary/aromatic N) is 2. The Balaban J connectivity index is 1.65. The van der Waals surface area contributed by atoms with Gasteiger partial charge in [-0.25, -0.2) is 0 Å². The van der Waals surface area contributed by atoms with Gasteiger partial charge in [-0.2, -0.15) is 0 Å². The van der Waals surface area contributed by atoms with E-state index in [1.165, 1.54) is 11.0 Å². The first-order valence-corrected chi connectivity index (χ1v) is 9.09. The lowest BCUT2D eigenvalue weighted by Gasteiger charge is -2.23. The van der Waals surface area contributed by atoms with Crippen LogP contribution in [0.4, 0.5) is 11.4 Å². The zero-order valence-electron chi connectivity index (χ0n) is 13.7. The molecule has 0 atom stereocenters. The Labute approximate surface area is 150 Å². The Kier molecular flexibility index (Phi) is 5.55. The van der Waals surface area contributed by atoms with Crippen molar-refractivity contribution in [3.63, 3.8) is 0 Å². The molecule has 0 radical (unpaired) electrons. The van der Waals surface area contributed by atoms with Crippen molar-refractivity contribution in [1.82, 2.24) is 5.32 Å². The van der Waals surface area contributed by atoms with E-state index in [2.05, 4.69) is 16.3 Å². The monoisotopic (exact) mass is 357 g/mol. The maximum atomic E-state index is 12.4. The average Bonchev–Trinajstić information content (AvgIpc) is 2.83. The maximum absolute atomic E-state index is 12.4. The summed E-state index contributed by atoms with van der Waals surface area (Å²) in [4.78, 5) is 26.2. The molecular weight excluding hydrogens is 338 g/mol. The van der Waals surface area contributed by atoms with Crippen LogP contribution in [0.15, 0.2) is 53.4 Å². The fraction of sp³-hybridized carbons (Fsp3) is 0.278. The van der Waals surface area contributed by atoms with Crippen LogP contribution in [0.1, 0.15) is 12.0 Å². The molecule has 1 aliphatic heterocycles. The third kappa shape index (κ3) is 4.30. The van der Waals surface area contributed by atoms with Gasteiger partial charge in [0.15, 0.2) is 0 Å². The van der Waals surface area contributed by atoms with Gasteiger partial charge in [0, 0.05) is 29.6 Å². The van der Waals surface area contributed by atoms with Crippen LogP contribution in [-0.2, 0) is 11.3 Å². The van der Waals surface area contributed by atoms with Crippen molar-refractivity contribution in [1.29, 1.82) is 0 Å². The van der Waals surface area contributed by atoms with Crippen molar-refractivity contribution in [3.8, 4) is 0 Å². The molecule has 0 saturated heterocycles. The number of rotatable bonds is 5. The van der Waals surface area contributed by atoms with Crippen LogP contribution in [0.2, 0.25) is 0 Å². The van der Waals surface area contributed by atoms with E-state index in [0.29, 0.717) is 5.56 Å². The number of para-hydroxylation sites is 2. The molecule has 0 aliphatic carbocycles. The van der Waals surface area contributed by atoms with Gasteiger partial charge in [0.1, 0.15) is 0 Å². The number of fused-ring (bicyclic) bond motifs is 1. The minimum Gasteiger partial charge on any atom is -0.361 e. The maximum Gasteiger partial charge on any atom is 0.274 e. The summed E-state index contributed by atoms with van der Waals surface area (Å²) >= 11 is 1.81. The number of hydrogen-bond acceptors (Lipinski definition) is 5. The summed E-state index contributed by atoms with van der Waals surface area (Å²) in [6, 6.07) is 14.5. The molecule has 1 amide bonds. The number of amides is 1. The van der Waals surface area contributed by atoms with E-state index in [4.69, 9.17) is 0 Å². The van der Waals surface area contributed by atoms with Gasteiger partial charge in [-0.3, -0.25) is 14.9 Å². The fourth-order valence-electron chi connectivity index (χ4n) is 2.82. The highest BCUT2D eigenvalue weighted by molar-refractivity contribution is 7.99. The summed E-state index contributed by atoms with van der Waals surface area (Å²) in [5.74, 6) is 0.894. The molecule has 0 spiro atoms. The molecule has 0 unspecified atom stereocenters. The van der Waals surface area contributed by atoms with Crippen LogP contribution in [0.5, 0.6) is 0 Å². The molecule has 0 aromatic heterocycles. The third-order valence-corrected chi connectivity index (χ3v) is 5.18. The minimum absolute atomic E-state index is 0.0271. The number of anilines is 1. The van der Waals surface area contributed by atoms with Gasteiger partial charge < -0.3 is 10.2 Å². The number of benzene rings is 2. The smallest absolute Gasteiger partial charge is 0.274 e. The second kappa shape index (κ2) is 8.02. The molecule has 0 bridgehead atoms. The highest BCUT2D eigenvalue weighted by atomic mass is 32.2. The van der Waals surface area contributed by atoms with E-state index in [1.807, 2.05) is 30.0 Å². The second-order valence-corrected chi connectivity index (χ2v) is 6.89. The normalized spacial score (nSPS) is 13.7. The fourth-order valence-corrected chi connectivity index (χ4v) is 3.84. The predicted molar refractivity (Wildman–Crippen MR) is 98.9 cm³/mol. The highest BCUT2D eigenvalue weighted by Crippen LogP contribution is 2.33. The number of nitrogens with one attached hydrogen (secondary N) is 1. The minimum atomic E-state index is -0.427. The molecule has 1 heterocycles. The number of carbonyl (C=O) groups is 1. The Morgan fingerprint density at radius 2 is 1.96 bits per heavy atom. The van der Waals surface area contributed by atoms with Gasteiger partial charge >= 0.3 is 0 Å². The van der Waals surface area contributed by atoms with Crippen LogP contribution in [-0.4, -0.2) is 29.7 Å². The Morgan fingerprint density at radius 3 is 2.80 bits per heavy atom. The van der Waals surface area contributed by atoms with Crippen LogP contribution in [0.25, 0.3) is 0 Å². The SMILES string of the molecule is O=C(CN1CCCSc2ccccc21)NCc1ccccc1[N+](=O)[O-]. The number of carbonyl (C=O) groups excluding carboxylic acids is 1. The first-order chi connectivity index (χ1) is 12.1. The standard InChI is InChI=1S/C18H19N3O3S/c22-18(19-12-14-6-1-2-7-15(14)21(23)24)13-20-10-5-11-25-17-9-4-3-8-16(17)20/h1-4,6-9H,5,10-13H2,(H,19,22). The van der Waals surface area contributed by atoms with Crippen LogP contribution >= 0.6 is 11.8 Å². The number of nitro benzene ring substituents is 1. The average molecular weight is 357 g/mol. The molecule has 1 N–H and O–H groups in total. The number of thioether (sulfide) groups is 1. The summed E-state index contributed by atoms with van der Waals surface area (Å²) < 4.78 is 0. The summed E-state index contributed by atoms with van der Waals surface area (Å²) in [7, 11) is 0. The summed E-state index contributed by atoms with van der Waals surface area (Å²) in [5, 5.41) is 13.8. The van der Waals surface area contributed by atoms with Crippen LogP contribution in [0, 0.1) is 10.1 Å². The lowest BCUT2D eigenvalue weighted by molar-refractivity contribution is -0.385. The molecule has 0 saturated carbocycles. The summed E-state index contributed by atoms with van der Waals surface area (Å²) in [6.07, 6.45) is 1.01. The molecule has 7 heteroatoms. The van der Waals surface area contributed by atoms with Gasteiger partial charge in [0.2, 0.25) is 5.91 Å². The van der Waals surface area contributed by atoms with Gasteiger partial charge in [0.05, 0.1) is 17.2 Å². The van der Waals surface area contributed by atoms with Gasteiger partial charge in [-0.05, 0) is 24.3 Å². The van der Waals surface area contributed by atoms with E-state index in [-0.39, 0.29) is 24.7 Å². The van der Waals surface area contributed by atoms with Crippen molar-refractivity contribution in [2.75, 3.05) is 23.7 Å². The van der Waals surface area contributed by atoms with E-state index >= 15 is 0 Å². The Bertz CT molecular complexity index is 782. The number of hydrogen-bond donors (Lipinski definition) is 1. The van der Waals surface area contributed by atoms with Crippen LogP contribution < -0.4 is 10.2 Å². The molecule has 25 heavy (non-hydrogen) atoms. The van der Waals surface area contributed by atoms with Gasteiger partial charge in [0.25, 0.3) is 5.69 Å². The Hall–Kier alpha value is -2.54. The van der Waals surface area contributed by atoms with Gasteiger partial charge in [-0.15, -0.1) is 11.8 Å². The summed E-state index contributed by atoms with van der Waals surface area (Å²) in [6.45, 7) is 1.22. The van der Waals surface area contributed by atoms with Crippen molar-refractivity contribution in [3.05, 3.63) is 64.2 Å². The van der Waals surface area contributed by atoms with Crippen molar-refractivity contribution in [2.45, 2.75) is 17.9 Å². The lowest BCUT2D eigenvalue weighted by Crippen LogP contribution is -2.37. The molecule has 130 valence electrons. The highest BCUT2D eigenvalue weighted by Gasteiger charge is 2.18. The summed E-state index contributed by atoms with van der Waals surface area (Å²) in [5.41, 5.74) is 1.61. The quantitative estimate of drug-likeness (QED) is 0.657. The van der Waals surface area contributed by atoms with Crippen molar-refractivity contribution in [2.24, 2.45) is 0 Å². The predicted octanol–water partition coefficient (Wildman–Crippen LogP) is 3.21. The molecule has 0 fully saturated rings. The topological polar surface area (TPSA) is 75.5 Å². The molecule has 1 aliphatic rings. The number of nitro groups is 1. The molecule has 2 aromatic carbocycles. The molecule has 2 aromatic rings. The second-order valence-electron chi connectivity index (χ2n) is 5.75. The largest absolute Gasteiger partial charge is 0.361 e. The molecule has 6 nitrogen and oxygen atoms in total. The van der Waals surface area contributed by atoms with Crippen LogP contribution in [0.3, 0.4) is 0 Å². The van der Waals surface area contributed by atoms with E-state index < -0.39 is 4.92 Å². The van der Waals surface area contributed by atoms with E-state index in [0.717, 1.165) is 24.4 Å².